The Balaban J connectivity index is 0.000000300. The molecule has 6 aromatic carbocycles. The number of hydrogen-bond donors (Lipinski definition) is 3. The summed E-state index contributed by atoms with van der Waals surface area (Å²) in [5.41, 5.74) is 0. The maximum atomic E-state index is 10.9. The number of benzene rings is 6. The monoisotopic (exact) mass is 960 g/mol. The van der Waals surface area contributed by atoms with Crippen molar-refractivity contribution in [3.63, 3.8) is 0 Å². The van der Waals surface area contributed by atoms with Crippen molar-refractivity contribution < 1.29 is 93.1 Å². The topological polar surface area (TPSA) is 404 Å². The molecular weight excluding hydrogens is 943 g/mol. The average molecular weight is 961 g/mol. The molecule has 0 aliphatic heterocycles. The van der Waals surface area contributed by atoms with Gasteiger partial charge >= 0.3 is 34.7 Å². The number of rotatable bonds is 6. The zero-order valence-electron chi connectivity index (χ0n) is 28.5. The largest absolute Gasteiger partial charge is 3.00 e. The number of hydrogen-bond acceptors (Lipinski definition) is 21. The van der Waals surface area contributed by atoms with Gasteiger partial charge in [0.1, 0.15) is 78.0 Å². The first kappa shape index (κ1) is 51.2. The quantitative estimate of drug-likeness (QED) is 0.149. The minimum atomic E-state index is -4.90. The van der Waals surface area contributed by atoms with E-state index in [1.165, 1.54) is 18.2 Å². The van der Waals surface area contributed by atoms with E-state index in [4.69, 9.17) is 0 Å². The van der Waals surface area contributed by atoms with Crippen molar-refractivity contribution in [3.8, 4) is 17.2 Å². The van der Waals surface area contributed by atoms with Gasteiger partial charge in [-0.3, -0.25) is 0 Å². The van der Waals surface area contributed by atoms with E-state index in [1.54, 1.807) is 0 Å². The zero-order valence-corrected chi connectivity index (χ0v) is 35.7. The van der Waals surface area contributed by atoms with Crippen LogP contribution in [0.4, 0.5) is 0 Å². The van der Waals surface area contributed by atoms with E-state index in [1.807, 2.05) is 0 Å². The van der Waals surface area contributed by atoms with Crippen LogP contribution < -0.4 is 0 Å². The van der Waals surface area contributed by atoms with Crippen LogP contribution in [-0.2, 0) is 60.7 Å². The van der Waals surface area contributed by atoms with Crippen molar-refractivity contribution in [3.05, 3.63) is 91.0 Å². The molecule has 0 radical (unpaired) electrons. The normalized spacial score (nSPS) is 12.3. The van der Waals surface area contributed by atoms with E-state index < -0.39 is 107 Å². The Morgan fingerprint density at radius 1 is 0.288 bits per heavy atom. The van der Waals surface area contributed by atoms with Gasteiger partial charge in [-0.15, -0.1) is 0 Å². The molecule has 0 saturated carbocycles. The molecule has 21 nitrogen and oxygen atoms in total. The Morgan fingerprint density at radius 2 is 0.492 bits per heavy atom. The van der Waals surface area contributed by atoms with Gasteiger partial charge in [0.2, 0.25) is 0 Å². The van der Waals surface area contributed by atoms with Crippen LogP contribution in [0.25, 0.3) is 32.3 Å². The fourth-order valence-corrected chi connectivity index (χ4v) is 8.07. The van der Waals surface area contributed by atoms with Crippen molar-refractivity contribution in [2.24, 2.45) is 0 Å². The van der Waals surface area contributed by atoms with Gasteiger partial charge in [-0.1, -0.05) is 18.2 Å². The second-order valence-corrected chi connectivity index (χ2v) is 19.4. The van der Waals surface area contributed by atoms with Crippen molar-refractivity contribution in [1.29, 1.82) is 0 Å². The summed E-state index contributed by atoms with van der Waals surface area (Å²) in [4.78, 5) is -4.29. The molecular formula is C30H18Al2O21S6. The third-order valence-electron chi connectivity index (χ3n) is 7.34. The smallest absolute Gasteiger partial charge is 0.744 e. The minimum Gasteiger partial charge on any atom is -0.744 e. The summed E-state index contributed by atoms with van der Waals surface area (Å²) in [6.07, 6.45) is 0. The van der Waals surface area contributed by atoms with Gasteiger partial charge in [-0.05, 0) is 105 Å². The predicted octanol–water partition coefficient (Wildman–Crippen LogP) is 0.299. The first-order chi connectivity index (χ1) is 25.8. The van der Waals surface area contributed by atoms with Crippen LogP contribution in [0.5, 0.6) is 17.2 Å². The molecule has 6 rings (SSSR count). The summed E-state index contributed by atoms with van der Waals surface area (Å²) in [5, 5.41) is 29.2. The first-order valence-corrected chi connectivity index (χ1v) is 22.8. The zero-order chi connectivity index (χ0) is 43.3. The van der Waals surface area contributed by atoms with E-state index >= 15 is 0 Å². The standard InChI is InChI=1S/3C10H8O7S2.2Al/c3*11-9-4-6-1-2-8(18(12,13)14)3-7(6)5-10(9)19(15,16)17;;/h3*1-5,11H,(H,12,13,14)(H,15,16,17);;/q;;;2*+3/p-6. The summed E-state index contributed by atoms with van der Waals surface area (Å²) >= 11 is 0. The molecule has 59 heavy (non-hydrogen) atoms. The minimum absolute atomic E-state index is 0. The summed E-state index contributed by atoms with van der Waals surface area (Å²) in [6.45, 7) is 0. The van der Waals surface area contributed by atoms with Crippen molar-refractivity contribution in [2.45, 2.75) is 29.4 Å². The van der Waals surface area contributed by atoms with Gasteiger partial charge in [0, 0.05) is 0 Å². The van der Waals surface area contributed by atoms with E-state index in [0.717, 1.165) is 72.8 Å². The van der Waals surface area contributed by atoms with Gasteiger partial charge < -0.3 is 42.6 Å². The number of aromatic hydroxyl groups is 3. The van der Waals surface area contributed by atoms with Crippen LogP contribution in [0, 0.1) is 0 Å². The maximum Gasteiger partial charge on any atom is 3.00 e. The molecule has 0 unspecified atom stereocenters. The van der Waals surface area contributed by atoms with Crippen molar-refractivity contribution >= 4 is 128 Å². The van der Waals surface area contributed by atoms with Gasteiger partial charge in [0.05, 0.1) is 29.4 Å². The molecule has 0 fully saturated rings. The fraction of sp³-hybridized carbons (Fsp3) is 0. The summed E-state index contributed by atoms with van der Waals surface area (Å²) < 4.78 is 196. The molecule has 0 aliphatic carbocycles. The van der Waals surface area contributed by atoms with Crippen molar-refractivity contribution in [1.82, 2.24) is 0 Å². The molecule has 0 aromatic heterocycles. The summed E-state index contributed by atoms with van der Waals surface area (Å²) in [6, 6.07) is 15.0. The van der Waals surface area contributed by atoms with E-state index in [2.05, 4.69) is 0 Å². The molecule has 0 spiro atoms. The third kappa shape index (κ3) is 12.8. The number of phenols is 3. The predicted molar refractivity (Wildman–Crippen MR) is 196 cm³/mol. The average Bonchev–Trinajstić information content (AvgIpc) is 3.04. The SMILES string of the molecule is O=S(=O)([O-])c1ccc2cc(O)c(S(=O)(=O)[O-])cc2c1.O=S(=O)([O-])c1ccc2cc(O)c(S(=O)(=O)[O-])cc2c1.O=S(=O)([O-])c1ccc2cc(O)c(S(=O)(=O)[O-])cc2c1.[Al+3].[Al+3]. The third-order valence-corrected chi connectivity index (χ3v) is 12.4. The Kier molecular flexibility index (Phi) is 15.6. The van der Waals surface area contributed by atoms with Crippen LogP contribution >= 0.6 is 0 Å². The van der Waals surface area contributed by atoms with E-state index in [0.29, 0.717) is 0 Å². The molecule has 6 aromatic rings. The Labute approximate surface area is 356 Å². The van der Waals surface area contributed by atoms with Crippen LogP contribution in [-0.4, -0.2) is 128 Å². The van der Waals surface area contributed by atoms with Gasteiger partial charge in [0.25, 0.3) is 0 Å². The van der Waals surface area contributed by atoms with E-state index in [9.17, 15) is 93.1 Å². The number of fused-ring (bicyclic) bond motifs is 3. The first-order valence-electron chi connectivity index (χ1n) is 14.3. The molecule has 0 amide bonds. The fourth-order valence-electron chi connectivity index (χ4n) is 4.80. The summed E-state index contributed by atoms with van der Waals surface area (Å²) in [7, 11) is -28.8. The summed E-state index contributed by atoms with van der Waals surface area (Å²) in [5.74, 6) is -2.21. The molecule has 3 N–H and O–H groups in total. The van der Waals surface area contributed by atoms with Gasteiger partial charge in [-0.25, -0.2) is 50.5 Å². The van der Waals surface area contributed by atoms with Gasteiger partial charge in [-0.2, -0.15) is 0 Å². The number of phenolic OH excluding ortho intramolecular Hbond substituents is 3. The molecule has 0 saturated heterocycles. The molecule has 306 valence electrons. The molecule has 0 atom stereocenters. The van der Waals surface area contributed by atoms with Gasteiger partial charge in [0.15, 0.2) is 0 Å². The van der Waals surface area contributed by atoms with Crippen LogP contribution in [0.1, 0.15) is 0 Å². The maximum absolute atomic E-state index is 10.9. The Hall–Kier alpha value is -3.98. The van der Waals surface area contributed by atoms with Crippen molar-refractivity contribution in [2.75, 3.05) is 0 Å². The van der Waals surface area contributed by atoms with E-state index in [-0.39, 0.29) is 67.0 Å². The molecule has 29 heteroatoms. The molecule has 0 aliphatic rings. The molecule has 0 heterocycles. The Morgan fingerprint density at radius 3 is 0.661 bits per heavy atom. The van der Waals surface area contributed by atoms with Crippen LogP contribution in [0.3, 0.4) is 0 Å². The second kappa shape index (κ2) is 17.9. The Bertz CT molecular complexity index is 2970. The molecule has 0 bridgehead atoms. The second-order valence-electron chi connectivity index (χ2n) is 11.2. The van der Waals surface area contributed by atoms with Crippen LogP contribution in [0.2, 0.25) is 0 Å². The van der Waals surface area contributed by atoms with Crippen LogP contribution in [0.15, 0.2) is 120 Å².